The molecule has 3 N–H and O–H groups in total. The average molecular weight is 207 g/mol. The minimum absolute atomic E-state index is 0.427. The molecule has 5 nitrogen and oxygen atoms in total. The van der Waals surface area contributed by atoms with Crippen LogP contribution in [0.4, 0.5) is 17.5 Å². The predicted molar refractivity (Wildman–Crippen MR) is 63.8 cm³/mol. The van der Waals surface area contributed by atoms with Crippen LogP contribution in [0, 0.1) is 0 Å². The van der Waals surface area contributed by atoms with E-state index < -0.39 is 0 Å². The van der Waals surface area contributed by atoms with Crippen LogP contribution >= 0.6 is 0 Å². The van der Waals surface area contributed by atoms with Gasteiger partial charge in [0.25, 0.3) is 0 Å². The lowest BCUT2D eigenvalue weighted by Crippen LogP contribution is -2.04. The Hall–Kier alpha value is -1.65. The fraction of sp³-hybridized carbons (Fsp3) is 0.500. The Bertz CT molecular complexity index is 359. The number of nitrogens with one attached hydrogen (secondary N) is 1. The second-order valence-electron chi connectivity index (χ2n) is 3.12. The first-order valence-electron chi connectivity index (χ1n) is 5.05. The summed E-state index contributed by atoms with van der Waals surface area (Å²) in [6, 6.07) is 0. The number of anilines is 2. The van der Waals surface area contributed by atoms with Crippen LogP contribution in [0.2, 0.25) is 0 Å². The highest BCUT2D eigenvalue weighted by molar-refractivity contribution is 5.70. The second-order valence-corrected chi connectivity index (χ2v) is 3.12. The Morgan fingerprint density at radius 1 is 1.47 bits per heavy atom. The molecule has 15 heavy (non-hydrogen) atoms. The third-order valence-electron chi connectivity index (χ3n) is 1.95. The number of aryl methyl sites for hydroxylation is 1. The van der Waals surface area contributed by atoms with Gasteiger partial charge < -0.3 is 11.1 Å². The van der Waals surface area contributed by atoms with Crippen LogP contribution in [-0.2, 0) is 6.42 Å². The van der Waals surface area contributed by atoms with Crippen LogP contribution in [-0.4, -0.2) is 23.2 Å². The Kier molecular flexibility index (Phi) is 4.03. The minimum Gasteiger partial charge on any atom is -0.382 e. The number of rotatable bonds is 4. The maximum absolute atomic E-state index is 5.81. The van der Waals surface area contributed by atoms with Gasteiger partial charge in [-0.2, -0.15) is 4.98 Å². The highest BCUT2D eigenvalue weighted by Gasteiger charge is 2.09. The van der Waals surface area contributed by atoms with Crippen LogP contribution in [0.1, 0.15) is 26.0 Å². The number of aliphatic imine (C=N–C) groups is 1. The van der Waals surface area contributed by atoms with Crippen molar-refractivity contribution < 1.29 is 0 Å². The molecule has 0 radical (unpaired) electrons. The molecule has 0 aromatic carbocycles. The maximum Gasteiger partial charge on any atom is 0.224 e. The van der Waals surface area contributed by atoms with E-state index in [0.29, 0.717) is 17.5 Å². The van der Waals surface area contributed by atoms with Gasteiger partial charge in [-0.1, -0.05) is 13.3 Å². The van der Waals surface area contributed by atoms with Crippen LogP contribution in [0.5, 0.6) is 0 Å². The summed E-state index contributed by atoms with van der Waals surface area (Å²) in [6.07, 6.45) is 3.56. The van der Waals surface area contributed by atoms with Crippen molar-refractivity contribution in [2.75, 3.05) is 18.1 Å². The fourth-order valence-electron chi connectivity index (χ4n) is 1.31. The number of nitrogens with two attached hydrogens (primary N) is 1. The van der Waals surface area contributed by atoms with Crippen molar-refractivity contribution in [2.24, 2.45) is 4.99 Å². The first-order valence-corrected chi connectivity index (χ1v) is 5.05. The Balaban J connectivity index is 3.22. The standard InChI is InChI=1S/C10H17N5/c1-4-6-7-8(13-5-2)9(11)15-10(12-3)14-7/h5H,4,6H2,1-3H3,(H3,11,12,14,15). The van der Waals surface area contributed by atoms with Gasteiger partial charge in [0.05, 0.1) is 5.69 Å². The van der Waals surface area contributed by atoms with Gasteiger partial charge in [-0.15, -0.1) is 0 Å². The zero-order valence-electron chi connectivity index (χ0n) is 9.41. The molecule has 0 aliphatic carbocycles. The lowest BCUT2D eigenvalue weighted by atomic mass is 10.2. The molecule has 0 aliphatic rings. The SMILES string of the molecule is CC=Nc1c(N)nc(NC)nc1CCC. The first kappa shape index (κ1) is 11.4. The van der Waals surface area contributed by atoms with Gasteiger partial charge in [0.1, 0.15) is 5.69 Å². The Labute approximate surface area is 89.8 Å². The summed E-state index contributed by atoms with van der Waals surface area (Å²) in [6.45, 7) is 3.94. The van der Waals surface area contributed by atoms with Gasteiger partial charge in [-0.25, -0.2) is 4.98 Å². The summed E-state index contributed by atoms with van der Waals surface area (Å²) in [7, 11) is 1.77. The van der Waals surface area contributed by atoms with Crippen molar-refractivity contribution in [3.63, 3.8) is 0 Å². The number of aromatic nitrogens is 2. The third kappa shape index (κ3) is 2.65. The van der Waals surface area contributed by atoms with Crippen LogP contribution in [0.3, 0.4) is 0 Å². The van der Waals surface area contributed by atoms with Crippen molar-refractivity contribution >= 4 is 23.7 Å². The summed E-state index contributed by atoms with van der Waals surface area (Å²) >= 11 is 0. The molecule has 1 heterocycles. The third-order valence-corrected chi connectivity index (χ3v) is 1.95. The van der Waals surface area contributed by atoms with E-state index in [-0.39, 0.29) is 0 Å². The molecule has 0 saturated carbocycles. The molecule has 1 rings (SSSR count). The van der Waals surface area contributed by atoms with Crippen molar-refractivity contribution in [3.05, 3.63) is 5.69 Å². The van der Waals surface area contributed by atoms with E-state index in [1.807, 2.05) is 6.92 Å². The fourth-order valence-corrected chi connectivity index (χ4v) is 1.31. The van der Waals surface area contributed by atoms with E-state index in [9.17, 15) is 0 Å². The molecule has 0 unspecified atom stereocenters. The number of hydrogen-bond donors (Lipinski definition) is 2. The van der Waals surface area contributed by atoms with Gasteiger partial charge in [0.2, 0.25) is 5.95 Å². The topological polar surface area (TPSA) is 76.2 Å². The lowest BCUT2D eigenvalue weighted by molar-refractivity contribution is 0.876. The first-order chi connectivity index (χ1) is 7.22. The molecular weight excluding hydrogens is 190 g/mol. The zero-order valence-corrected chi connectivity index (χ0v) is 9.41. The van der Waals surface area contributed by atoms with Crippen LogP contribution in [0.25, 0.3) is 0 Å². The molecule has 0 saturated heterocycles. The second kappa shape index (κ2) is 5.29. The molecule has 0 spiro atoms. The predicted octanol–water partition coefficient (Wildman–Crippen LogP) is 1.78. The number of nitrogens with zero attached hydrogens (tertiary/aromatic N) is 3. The molecule has 0 atom stereocenters. The Morgan fingerprint density at radius 3 is 2.73 bits per heavy atom. The van der Waals surface area contributed by atoms with E-state index in [4.69, 9.17) is 5.73 Å². The van der Waals surface area contributed by atoms with Crippen LogP contribution in [0.15, 0.2) is 4.99 Å². The molecule has 0 fully saturated rings. The molecule has 0 aliphatic heterocycles. The smallest absolute Gasteiger partial charge is 0.224 e. The van der Waals surface area contributed by atoms with Gasteiger partial charge in [0, 0.05) is 13.3 Å². The van der Waals surface area contributed by atoms with E-state index in [1.165, 1.54) is 0 Å². The summed E-state index contributed by atoms with van der Waals surface area (Å²) in [5.74, 6) is 0.974. The quantitative estimate of drug-likeness (QED) is 0.738. The van der Waals surface area contributed by atoms with E-state index >= 15 is 0 Å². The maximum atomic E-state index is 5.81. The molecule has 1 aromatic rings. The van der Waals surface area contributed by atoms with Crippen LogP contribution < -0.4 is 11.1 Å². The van der Waals surface area contributed by atoms with Gasteiger partial charge in [0.15, 0.2) is 5.82 Å². The van der Waals surface area contributed by atoms with Gasteiger partial charge in [-0.05, 0) is 13.3 Å². The summed E-state index contributed by atoms with van der Waals surface area (Å²) in [5, 5.41) is 2.88. The average Bonchev–Trinajstić information content (AvgIpc) is 2.23. The highest BCUT2D eigenvalue weighted by Crippen LogP contribution is 2.25. The molecule has 0 amide bonds. The largest absolute Gasteiger partial charge is 0.382 e. The molecule has 0 bridgehead atoms. The summed E-state index contributed by atoms with van der Waals surface area (Å²) in [4.78, 5) is 12.6. The highest BCUT2D eigenvalue weighted by atomic mass is 15.1. The number of hydrogen-bond acceptors (Lipinski definition) is 5. The Morgan fingerprint density at radius 2 is 2.20 bits per heavy atom. The summed E-state index contributed by atoms with van der Waals surface area (Å²) in [5.41, 5.74) is 7.40. The molecule has 1 aromatic heterocycles. The monoisotopic (exact) mass is 207 g/mol. The minimum atomic E-state index is 0.427. The molecular formula is C10H17N5. The molecule has 82 valence electrons. The van der Waals surface area contributed by atoms with Crippen molar-refractivity contribution in [2.45, 2.75) is 26.7 Å². The normalized spacial score (nSPS) is 10.9. The summed E-state index contributed by atoms with van der Waals surface area (Å²) < 4.78 is 0. The zero-order chi connectivity index (χ0) is 11.3. The lowest BCUT2D eigenvalue weighted by Gasteiger charge is -2.08. The number of nitrogen functional groups attached to an aromatic ring is 1. The van der Waals surface area contributed by atoms with E-state index in [0.717, 1.165) is 18.5 Å². The molecule has 5 heteroatoms. The van der Waals surface area contributed by atoms with Gasteiger partial charge >= 0.3 is 0 Å². The van der Waals surface area contributed by atoms with Crippen molar-refractivity contribution in [3.8, 4) is 0 Å². The van der Waals surface area contributed by atoms with Gasteiger partial charge in [-0.3, -0.25) is 4.99 Å². The van der Waals surface area contributed by atoms with Crippen molar-refractivity contribution in [1.82, 2.24) is 9.97 Å². The van der Waals surface area contributed by atoms with E-state index in [1.54, 1.807) is 13.3 Å². The van der Waals surface area contributed by atoms with Crippen molar-refractivity contribution in [1.29, 1.82) is 0 Å². The van der Waals surface area contributed by atoms with E-state index in [2.05, 4.69) is 27.2 Å².